The number of ether oxygens (including phenoxy) is 1. The predicted molar refractivity (Wildman–Crippen MR) is 101 cm³/mol. The summed E-state index contributed by atoms with van der Waals surface area (Å²) in [6.45, 7) is 1.71. The van der Waals surface area contributed by atoms with Crippen LogP contribution >= 0.6 is 11.3 Å². The number of hydrazone groups is 1. The van der Waals surface area contributed by atoms with Crippen molar-refractivity contribution in [2.24, 2.45) is 5.10 Å². The number of amides is 1. The van der Waals surface area contributed by atoms with Crippen LogP contribution in [0.3, 0.4) is 0 Å². The van der Waals surface area contributed by atoms with Crippen LogP contribution in [0.2, 0.25) is 0 Å². The second-order valence-corrected chi connectivity index (χ2v) is 6.51. The zero-order valence-electron chi connectivity index (χ0n) is 14.2. The molecule has 0 bridgehead atoms. The summed E-state index contributed by atoms with van der Waals surface area (Å²) in [5.41, 5.74) is 3.82. The van der Waals surface area contributed by atoms with Gasteiger partial charge in [0.05, 0.1) is 23.5 Å². The Balaban J connectivity index is 1.57. The molecule has 0 radical (unpaired) electrons. The van der Waals surface area contributed by atoms with Gasteiger partial charge in [-0.2, -0.15) is 5.10 Å². The van der Waals surface area contributed by atoms with E-state index >= 15 is 0 Å². The van der Waals surface area contributed by atoms with Crippen LogP contribution in [0.15, 0.2) is 47.6 Å². The van der Waals surface area contributed by atoms with E-state index < -0.39 is 11.9 Å². The molecule has 2 aromatic carbocycles. The molecular weight excluding hydrogens is 355 g/mol. The van der Waals surface area contributed by atoms with Gasteiger partial charge in [-0.15, -0.1) is 0 Å². The highest BCUT2D eigenvalue weighted by Gasteiger charge is 2.14. The fourth-order valence-corrected chi connectivity index (χ4v) is 3.17. The lowest BCUT2D eigenvalue weighted by Gasteiger charge is -2.10. The molecule has 0 unspecified atom stereocenters. The highest BCUT2D eigenvalue weighted by Crippen LogP contribution is 2.25. The maximum absolute atomic E-state index is 13.6. The van der Waals surface area contributed by atoms with Crippen LogP contribution in [-0.4, -0.2) is 30.3 Å². The molecule has 3 rings (SSSR count). The maximum atomic E-state index is 13.6. The third kappa shape index (κ3) is 4.15. The van der Waals surface area contributed by atoms with Crippen molar-refractivity contribution < 1.29 is 13.9 Å². The van der Waals surface area contributed by atoms with Gasteiger partial charge < -0.3 is 10.1 Å². The molecule has 0 fully saturated rings. The van der Waals surface area contributed by atoms with Crippen LogP contribution in [0.4, 0.5) is 9.52 Å². The van der Waals surface area contributed by atoms with Crippen LogP contribution in [0.25, 0.3) is 10.2 Å². The molecule has 0 aliphatic carbocycles. The number of carbonyl (C=O) groups is 1. The Labute approximate surface area is 153 Å². The largest absolute Gasteiger partial charge is 0.494 e. The lowest BCUT2D eigenvalue weighted by Crippen LogP contribution is -2.34. The lowest BCUT2D eigenvalue weighted by molar-refractivity contribution is -0.121. The Morgan fingerprint density at radius 1 is 1.35 bits per heavy atom. The third-order valence-electron chi connectivity index (χ3n) is 3.59. The standard InChI is InChI=1S/C18H17FN4O2S/c1-11(21-18-22-14-5-3-4-6-16(14)26-18)17(24)23-20-10-12-7-8-15(25-2)13(19)9-12/h3-11H,1-2H3,(H,21,22)(H,23,24)/b20-10-/t11-/m0/s1. The molecule has 0 aliphatic rings. The first-order valence-electron chi connectivity index (χ1n) is 7.85. The first-order valence-corrected chi connectivity index (χ1v) is 8.67. The number of hydrogen-bond donors (Lipinski definition) is 2. The van der Waals surface area contributed by atoms with Gasteiger partial charge in [-0.3, -0.25) is 4.79 Å². The molecule has 6 nitrogen and oxygen atoms in total. The molecule has 3 aromatic rings. The summed E-state index contributed by atoms with van der Waals surface area (Å²) in [6, 6.07) is 11.6. The lowest BCUT2D eigenvalue weighted by atomic mass is 10.2. The van der Waals surface area contributed by atoms with Crippen LogP contribution in [0.5, 0.6) is 5.75 Å². The zero-order valence-corrected chi connectivity index (χ0v) is 15.0. The molecule has 0 aliphatic heterocycles. The fourth-order valence-electron chi connectivity index (χ4n) is 2.21. The number of thiazole rings is 1. The number of nitrogens with zero attached hydrogens (tertiary/aromatic N) is 2. The second-order valence-electron chi connectivity index (χ2n) is 5.48. The molecule has 1 heterocycles. The summed E-state index contributed by atoms with van der Waals surface area (Å²) in [7, 11) is 1.40. The summed E-state index contributed by atoms with van der Waals surface area (Å²) < 4.78 is 19.5. The van der Waals surface area contributed by atoms with Gasteiger partial charge in [0.25, 0.3) is 5.91 Å². The number of hydrogen-bond acceptors (Lipinski definition) is 6. The predicted octanol–water partition coefficient (Wildman–Crippen LogP) is 3.39. The van der Waals surface area contributed by atoms with Crippen LogP contribution in [0, 0.1) is 5.82 Å². The minimum atomic E-state index is -0.527. The van der Waals surface area contributed by atoms with Gasteiger partial charge in [0, 0.05) is 0 Å². The van der Waals surface area contributed by atoms with Gasteiger partial charge in [-0.05, 0) is 42.8 Å². The van der Waals surface area contributed by atoms with E-state index in [9.17, 15) is 9.18 Å². The Morgan fingerprint density at radius 2 is 2.15 bits per heavy atom. The number of rotatable bonds is 6. The van der Waals surface area contributed by atoms with Gasteiger partial charge in [-0.1, -0.05) is 23.5 Å². The minimum Gasteiger partial charge on any atom is -0.494 e. The number of para-hydroxylation sites is 1. The Kier molecular flexibility index (Phi) is 5.43. The summed E-state index contributed by atoms with van der Waals surface area (Å²) >= 11 is 1.47. The Bertz CT molecular complexity index is 924. The van der Waals surface area contributed by atoms with Gasteiger partial charge in [0.15, 0.2) is 16.7 Å². The molecular formula is C18H17FN4O2S. The molecule has 134 valence electrons. The molecule has 26 heavy (non-hydrogen) atoms. The third-order valence-corrected chi connectivity index (χ3v) is 4.56. The monoisotopic (exact) mass is 372 g/mol. The van der Waals surface area contributed by atoms with E-state index in [1.165, 1.54) is 36.8 Å². The average Bonchev–Trinajstić information content (AvgIpc) is 3.04. The van der Waals surface area contributed by atoms with Gasteiger partial charge in [-0.25, -0.2) is 14.8 Å². The van der Waals surface area contributed by atoms with Crippen molar-refractivity contribution in [2.45, 2.75) is 13.0 Å². The molecule has 1 amide bonds. The number of halogens is 1. The summed E-state index contributed by atoms with van der Waals surface area (Å²) in [4.78, 5) is 16.5. The van der Waals surface area contributed by atoms with E-state index in [2.05, 4.69) is 20.8 Å². The second kappa shape index (κ2) is 7.92. The molecule has 1 atom stereocenters. The molecule has 0 saturated carbocycles. The van der Waals surface area contributed by atoms with Gasteiger partial charge in [0.2, 0.25) is 0 Å². The van der Waals surface area contributed by atoms with Crippen LogP contribution < -0.4 is 15.5 Å². The van der Waals surface area contributed by atoms with Crippen molar-refractivity contribution in [3.05, 3.63) is 53.8 Å². The number of methoxy groups -OCH3 is 1. The number of fused-ring (bicyclic) bond motifs is 1. The van der Waals surface area contributed by atoms with E-state index in [0.29, 0.717) is 10.7 Å². The van der Waals surface area contributed by atoms with Gasteiger partial charge in [0.1, 0.15) is 6.04 Å². The number of carbonyl (C=O) groups excluding carboxylic acids is 1. The molecule has 0 saturated heterocycles. The summed E-state index contributed by atoms with van der Waals surface area (Å²) in [6.07, 6.45) is 1.37. The highest BCUT2D eigenvalue weighted by molar-refractivity contribution is 7.22. The van der Waals surface area contributed by atoms with Crippen molar-refractivity contribution in [1.29, 1.82) is 0 Å². The number of anilines is 1. The van der Waals surface area contributed by atoms with E-state index in [4.69, 9.17) is 4.74 Å². The smallest absolute Gasteiger partial charge is 0.262 e. The Morgan fingerprint density at radius 3 is 2.88 bits per heavy atom. The normalized spacial score (nSPS) is 12.3. The van der Waals surface area contributed by atoms with Crippen molar-refractivity contribution in [2.75, 3.05) is 12.4 Å². The summed E-state index contributed by atoms with van der Waals surface area (Å²) in [5, 5.41) is 7.57. The molecule has 0 spiro atoms. The SMILES string of the molecule is COc1ccc(/C=N\NC(=O)[C@H](C)Nc2nc3ccccc3s2)cc1F. The van der Waals surface area contributed by atoms with E-state index in [0.717, 1.165) is 10.2 Å². The topological polar surface area (TPSA) is 75.6 Å². The summed E-state index contributed by atoms with van der Waals surface area (Å²) in [5.74, 6) is -0.664. The number of nitrogens with one attached hydrogen (secondary N) is 2. The highest BCUT2D eigenvalue weighted by atomic mass is 32.1. The Hall–Kier alpha value is -3.00. The zero-order chi connectivity index (χ0) is 18.5. The average molecular weight is 372 g/mol. The number of aromatic nitrogens is 1. The quantitative estimate of drug-likeness (QED) is 0.514. The minimum absolute atomic E-state index is 0.153. The van der Waals surface area contributed by atoms with Crippen molar-refractivity contribution in [3.8, 4) is 5.75 Å². The van der Waals surface area contributed by atoms with Crippen LogP contribution in [0.1, 0.15) is 12.5 Å². The first kappa shape index (κ1) is 17.8. The number of benzene rings is 2. The van der Waals surface area contributed by atoms with Crippen molar-refractivity contribution >= 4 is 38.8 Å². The molecule has 8 heteroatoms. The van der Waals surface area contributed by atoms with E-state index in [1.807, 2.05) is 24.3 Å². The van der Waals surface area contributed by atoms with Crippen LogP contribution in [-0.2, 0) is 4.79 Å². The molecule has 1 aromatic heterocycles. The van der Waals surface area contributed by atoms with Crippen molar-refractivity contribution in [1.82, 2.24) is 10.4 Å². The van der Waals surface area contributed by atoms with Crippen molar-refractivity contribution in [3.63, 3.8) is 0 Å². The van der Waals surface area contributed by atoms with E-state index in [-0.39, 0.29) is 11.7 Å². The van der Waals surface area contributed by atoms with E-state index in [1.54, 1.807) is 13.0 Å². The fraction of sp³-hybridized carbons (Fsp3) is 0.167. The maximum Gasteiger partial charge on any atom is 0.262 e. The first-order chi connectivity index (χ1) is 12.6. The van der Waals surface area contributed by atoms with Gasteiger partial charge >= 0.3 is 0 Å². The molecule has 2 N–H and O–H groups in total.